The van der Waals surface area contributed by atoms with Gasteiger partial charge in [-0.05, 0) is 41.3 Å². The molecule has 0 fully saturated rings. The van der Waals surface area contributed by atoms with Crippen LogP contribution in [0.15, 0.2) is 64.3 Å². The van der Waals surface area contributed by atoms with Crippen LogP contribution in [0.3, 0.4) is 0 Å². The molecule has 1 atom stereocenters. The number of anilines is 5. The van der Waals surface area contributed by atoms with E-state index in [9.17, 15) is 9.59 Å². The SMILES string of the molecule is C[C@@H](Nc1c(Nc2ccnc(Nc3ccc4ccccc4c3)n2)c(=O)c1=O)C(C)(C)C. The fraction of sp³-hybridized carbons (Fsp3) is 0.250. The van der Waals surface area contributed by atoms with E-state index in [4.69, 9.17) is 0 Å². The topological polar surface area (TPSA) is 96.0 Å². The number of rotatable bonds is 6. The van der Waals surface area contributed by atoms with E-state index in [2.05, 4.69) is 52.8 Å². The predicted molar refractivity (Wildman–Crippen MR) is 126 cm³/mol. The van der Waals surface area contributed by atoms with Gasteiger partial charge in [0, 0.05) is 17.9 Å². The number of nitrogens with one attached hydrogen (secondary N) is 3. The average molecular weight is 415 g/mol. The number of hydrogen-bond donors (Lipinski definition) is 3. The Hall–Kier alpha value is -3.74. The largest absolute Gasteiger partial charge is 0.377 e. The molecule has 31 heavy (non-hydrogen) atoms. The Bertz CT molecular complexity index is 1320. The molecular weight excluding hydrogens is 390 g/mol. The second-order valence-electron chi connectivity index (χ2n) is 8.72. The Kier molecular flexibility index (Phi) is 5.19. The first-order chi connectivity index (χ1) is 14.7. The van der Waals surface area contributed by atoms with Crippen molar-refractivity contribution in [3.05, 3.63) is 75.2 Å². The van der Waals surface area contributed by atoms with Crippen LogP contribution in [0.2, 0.25) is 0 Å². The first kappa shape index (κ1) is 20.5. The number of benzene rings is 2. The van der Waals surface area contributed by atoms with Crippen LogP contribution in [-0.2, 0) is 0 Å². The molecule has 0 aliphatic heterocycles. The quantitative estimate of drug-likeness (QED) is 0.397. The summed E-state index contributed by atoms with van der Waals surface area (Å²) in [6, 6.07) is 15.7. The van der Waals surface area contributed by atoms with Crippen LogP contribution in [0.1, 0.15) is 27.7 Å². The van der Waals surface area contributed by atoms with E-state index < -0.39 is 10.9 Å². The molecule has 0 radical (unpaired) electrons. The van der Waals surface area contributed by atoms with Crippen LogP contribution in [0.5, 0.6) is 0 Å². The van der Waals surface area contributed by atoms with Gasteiger partial charge in [0.2, 0.25) is 5.95 Å². The van der Waals surface area contributed by atoms with Crippen molar-refractivity contribution in [1.29, 1.82) is 0 Å². The van der Waals surface area contributed by atoms with Crippen molar-refractivity contribution in [2.24, 2.45) is 5.41 Å². The van der Waals surface area contributed by atoms with Crippen LogP contribution in [0.25, 0.3) is 10.8 Å². The third-order valence-electron chi connectivity index (χ3n) is 5.48. The van der Waals surface area contributed by atoms with Crippen molar-refractivity contribution >= 4 is 39.6 Å². The van der Waals surface area contributed by atoms with Crippen molar-refractivity contribution in [2.45, 2.75) is 33.7 Å². The zero-order chi connectivity index (χ0) is 22.2. The molecule has 0 bridgehead atoms. The standard InChI is InChI=1S/C24H25N5O2/c1-14(24(2,3)4)26-19-20(22(31)21(19)30)28-18-11-12-25-23(29-18)27-17-10-9-15-7-5-6-8-16(15)13-17/h5-14,26H,1-4H3,(H2,25,27,28,29)/t14-/m1/s1. The van der Waals surface area contributed by atoms with Gasteiger partial charge < -0.3 is 16.0 Å². The van der Waals surface area contributed by atoms with Gasteiger partial charge in [0.15, 0.2) is 0 Å². The molecule has 0 unspecified atom stereocenters. The fourth-order valence-corrected chi connectivity index (χ4v) is 3.09. The summed E-state index contributed by atoms with van der Waals surface area (Å²) in [7, 11) is 0. The summed E-state index contributed by atoms with van der Waals surface area (Å²) >= 11 is 0. The fourth-order valence-electron chi connectivity index (χ4n) is 3.09. The van der Waals surface area contributed by atoms with Gasteiger partial charge in [0.05, 0.1) is 0 Å². The van der Waals surface area contributed by atoms with Gasteiger partial charge in [0.1, 0.15) is 17.2 Å². The first-order valence-electron chi connectivity index (χ1n) is 10.2. The van der Waals surface area contributed by atoms with Gasteiger partial charge >= 0.3 is 0 Å². The molecule has 3 aromatic carbocycles. The number of hydrogen-bond acceptors (Lipinski definition) is 7. The van der Waals surface area contributed by atoms with Gasteiger partial charge in [-0.2, -0.15) is 4.98 Å². The molecular formula is C24H25N5O2. The van der Waals surface area contributed by atoms with E-state index >= 15 is 0 Å². The van der Waals surface area contributed by atoms with E-state index in [0.717, 1.165) is 16.5 Å². The summed E-state index contributed by atoms with van der Waals surface area (Å²) in [4.78, 5) is 32.9. The zero-order valence-corrected chi connectivity index (χ0v) is 18.0. The second-order valence-corrected chi connectivity index (χ2v) is 8.72. The highest BCUT2D eigenvalue weighted by Crippen LogP contribution is 2.27. The Morgan fingerprint density at radius 3 is 2.32 bits per heavy atom. The summed E-state index contributed by atoms with van der Waals surface area (Å²) in [6.45, 7) is 8.19. The van der Waals surface area contributed by atoms with Crippen LogP contribution in [0.4, 0.5) is 28.8 Å². The lowest BCUT2D eigenvalue weighted by Gasteiger charge is -2.30. The maximum Gasteiger partial charge on any atom is 0.253 e. The molecule has 0 saturated heterocycles. The van der Waals surface area contributed by atoms with Gasteiger partial charge in [-0.3, -0.25) is 9.59 Å². The van der Waals surface area contributed by atoms with Crippen molar-refractivity contribution in [3.63, 3.8) is 0 Å². The Morgan fingerprint density at radius 2 is 1.58 bits per heavy atom. The molecule has 4 rings (SSSR count). The van der Waals surface area contributed by atoms with Crippen molar-refractivity contribution in [3.8, 4) is 0 Å². The highest BCUT2D eigenvalue weighted by Gasteiger charge is 2.27. The molecule has 1 aromatic heterocycles. The summed E-state index contributed by atoms with van der Waals surface area (Å²) < 4.78 is 0. The molecule has 1 heterocycles. The maximum atomic E-state index is 12.1. The molecule has 4 aromatic rings. The van der Waals surface area contributed by atoms with Crippen LogP contribution >= 0.6 is 0 Å². The molecule has 158 valence electrons. The number of fused-ring (bicyclic) bond motifs is 1. The normalized spacial score (nSPS) is 12.6. The minimum atomic E-state index is -0.550. The van der Waals surface area contributed by atoms with Crippen molar-refractivity contribution in [1.82, 2.24) is 9.97 Å². The molecule has 0 aliphatic rings. The Morgan fingerprint density at radius 1 is 0.871 bits per heavy atom. The number of aromatic nitrogens is 2. The van der Waals surface area contributed by atoms with E-state index in [0.29, 0.717) is 17.5 Å². The second kappa shape index (κ2) is 7.83. The number of nitrogens with zero attached hydrogens (tertiary/aromatic N) is 2. The zero-order valence-electron chi connectivity index (χ0n) is 18.0. The summed E-state index contributed by atoms with van der Waals surface area (Å²) in [5, 5.41) is 11.6. The minimum absolute atomic E-state index is 0.00637. The molecule has 7 heteroatoms. The van der Waals surface area contributed by atoms with Crippen LogP contribution in [-0.4, -0.2) is 16.0 Å². The Labute approximate surface area is 180 Å². The van der Waals surface area contributed by atoms with Crippen LogP contribution < -0.4 is 26.8 Å². The van der Waals surface area contributed by atoms with Gasteiger partial charge in [-0.15, -0.1) is 0 Å². The third-order valence-corrected chi connectivity index (χ3v) is 5.48. The lowest BCUT2D eigenvalue weighted by atomic mass is 9.87. The summed E-state index contributed by atoms with van der Waals surface area (Å²) in [6.07, 6.45) is 1.59. The molecule has 0 saturated carbocycles. The summed E-state index contributed by atoms with van der Waals surface area (Å²) in [5.74, 6) is 0.813. The van der Waals surface area contributed by atoms with E-state index in [1.807, 2.05) is 43.3 Å². The van der Waals surface area contributed by atoms with Gasteiger partial charge in [-0.25, -0.2) is 4.98 Å². The molecule has 3 N–H and O–H groups in total. The lowest BCUT2D eigenvalue weighted by molar-refractivity contribution is 0.359. The predicted octanol–water partition coefficient (Wildman–Crippen LogP) is 4.56. The van der Waals surface area contributed by atoms with Gasteiger partial charge in [0.25, 0.3) is 10.9 Å². The van der Waals surface area contributed by atoms with Gasteiger partial charge in [-0.1, -0.05) is 51.1 Å². The molecule has 0 spiro atoms. The van der Waals surface area contributed by atoms with Crippen molar-refractivity contribution < 1.29 is 0 Å². The lowest BCUT2D eigenvalue weighted by Crippen LogP contribution is -2.41. The third kappa shape index (κ3) is 4.26. The molecule has 0 amide bonds. The monoisotopic (exact) mass is 415 g/mol. The smallest absolute Gasteiger partial charge is 0.253 e. The average Bonchev–Trinajstić information content (AvgIpc) is 2.75. The van der Waals surface area contributed by atoms with E-state index in [1.165, 1.54) is 0 Å². The maximum absolute atomic E-state index is 12.1. The molecule has 7 nitrogen and oxygen atoms in total. The highest BCUT2D eigenvalue weighted by atomic mass is 16.2. The van der Waals surface area contributed by atoms with E-state index in [-0.39, 0.29) is 17.1 Å². The minimum Gasteiger partial charge on any atom is -0.377 e. The highest BCUT2D eigenvalue weighted by molar-refractivity contribution is 5.86. The summed E-state index contributed by atoms with van der Waals surface area (Å²) in [5.41, 5.74) is 0.259. The van der Waals surface area contributed by atoms with Crippen molar-refractivity contribution in [2.75, 3.05) is 16.0 Å². The Balaban J connectivity index is 1.53. The first-order valence-corrected chi connectivity index (χ1v) is 10.2. The van der Waals surface area contributed by atoms with Crippen LogP contribution in [0, 0.1) is 5.41 Å². The van der Waals surface area contributed by atoms with E-state index in [1.54, 1.807) is 12.3 Å². The molecule has 0 aliphatic carbocycles.